The lowest BCUT2D eigenvalue weighted by atomic mass is 10.1. The number of halogens is 4. The van der Waals surface area contributed by atoms with Gasteiger partial charge < -0.3 is 19.5 Å². The van der Waals surface area contributed by atoms with E-state index in [1.165, 1.54) is 12.1 Å². The number of nitrogens with one attached hydrogen (secondary N) is 1. The summed E-state index contributed by atoms with van der Waals surface area (Å²) >= 11 is 6.01. The molecule has 0 spiro atoms. The molecule has 1 aliphatic rings. The summed E-state index contributed by atoms with van der Waals surface area (Å²) in [5.41, 5.74) is -3.00. The number of nitrogens with zero attached hydrogens (tertiary/aromatic N) is 1. The number of hydrogen-bond acceptors (Lipinski definition) is 7. The highest BCUT2D eigenvalue weighted by Crippen LogP contribution is 2.39. The van der Waals surface area contributed by atoms with Gasteiger partial charge in [-0.25, -0.2) is 4.79 Å². The number of amides is 1. The average Bonchev–Trinajstić information content (AvgIpc) is 2.71. The van der Waals surface area contributed by atoms with Crippen LogP contribution in [0.5, 0.6) is 11.5 Å². The quantitative estimate of drug-likeness (QED) is 0.409. The van der Waals surface area contributed by atoms with Crippen molar-refractivity contribution in [2.24, 2.45) is 0 Å². The van der Waals surface area contributed by atoms with E-state index in [1.807, 2.05) is 5.32 Å². The van der Waals surface area contributed by atoms with Crippen molar-refractivity contribution in [3.05, 3.63) is 56.6 Å². The highest BCUT2D eigenvalue weighted by atomic mass is 35.5. The number of anilines is 1. The topological polar surface area (TPSA) is 117 Å². The minimum atomic E-state index is -4.97. The Hall–Kier alpha value is -3.54. The van der Waals surface area contributed by atoms with Crippen LogP contribution in [-0.2, 0) is 15.7 Å². The molecule has 0 bridgehead atoms. The molecule has 0 aliphatic carbocycles. The average molecular weight is 461 g/mol. The number of carbonyl (C=O) groups is 2. The Morgan fingerprint density at radius 2 is 1.90 bits per heavy atom. The molecule has 1 aliphatic heterocycles. The molecule has 0 unspecified atom stereocenters. The number of non-ortho nitro benzene ring substituents is 1. The molecule has 1 amide bonds. The van der Waals surface area contributed by atoms with Gasteiger partial charge in [-0.05, 0) is 18.2 Å². The lowest BCUT2D eigenvalue weighted by Gasteiger charge is -2.20. The Morgan fingerprint density at radius 1 is 1.19 bits per heavy atom. The normalized spacial score (nSPS) is 12.8. The number of rotatable bonds is 5. The third-order valence-corrected chi connectivity index (χ3v) is 4.24. The van der Waals surface area contributed by atoms with E-state index in [2.05, 4.69) is 0 Å². The molecule has 0 atom stereocenters. The van der Waals surface area contributed by atoms with Gasteiger partial charge in [0, 0.05) is 12.1 Å². The number of hydrogen-bond donors (Lipinski definition) is 1. The van der Waals surface area contributed by atoms with Gasteiger partial charge in [-0.2, -0.15) is 13.2 Å². The summed E-state index contributed by atoms with van der Waals surface area (Å²) in [4.78, 5) is 33.9. The molecule has 9 nitrogen and oxygen atoms in total. The fraction of sp³-hybridized carbons (Fsp3) is 0.222. The van der Waals surface area contributed by atoms with Crippen LogP contribution in [0.15, 0.2) is 30.3 Å². The molecule has 164 valence electrons. The summed E-state index contributed by atoms with van der Waals surface area (Å²) < 4.78 is 54.9. The number of nitro benzene ring substituents is 1. The van der Waals surface area contributed by atoms with Gasteiger partial charge in [-0.15, -0.1) is 0 Å². The number of nitro groups is 1. The van der Waals surface area contributed by atoms with Crippen LogP contribution < -0.4 is 14.8 Å². The van der Waals surface area contributed by atoms with E-state index in [0.29, 0.717) is 6.07 Å². The van der Waals surface area contributed by atoms with E-state index >= 15 is 0 Å². The molecule has 31 heavy (non-hydrogen) atoms. The smallest absolute Gasteiger partial charge is 0.418 e. The number of esters is 1. The van der Waals surface area contributed by atoms with Crippen molar-refractivity contribution in [1.29, 1.82) is 0 Å². The molecule has 1 N–H and O–H groups in total. The maximum Gasteiger partial charge on any atom is 0.418 e. The summed E-state index contributed by atoms with van der Waals surface area (Å²) in [6.07, 6.45) is -4.97. The Morgan fingerprint density at radius 3 is 2.58 bits per heavy atom. The van der Waals surface area contributed by atoms with Crippen molar-refractivity contribution < 1.29 is 41.9 Å². The molecule has 0 aromatic heterocycles. The fourth-order valence-electron chi connectivity index (χ4n) is 2.62. The summed E-state index contributed by atoms with van der Waals surface area (Å²) in [5, 5.41) is 12.7. The Balaban J connectivity index is 1.69. The Bertz CT molecular complexity index is 1060. The molecular weight excluding hydrogens is 449 g/mol. The lowest BCUT2D eigenvalue weighted by molar-refractivity contribution is -0.385. The van der Waals surface area contributed by atoms with E-state index in [-0.39, 0.29) is 35.3 Å². The molecule has 13 heteroatoms. The molecule has 0 radical (unpaired) electrons. The molecule has 0 saturated heterocycles. The highest BCUT2D eigenvalue weighted by molar-refractivity contribution is 6.32. The van der Waals surface area contributed by atoms with Gasteiger partial charge in [0.2, 0.25) is 0 Å². The first-order valence-corrected chi connectivity index (χ1v) is 8.86. The first-order valence-electron chi connectivity index (χ1n) is 8.48. The van der Waals surface area contributed by atoms with Crippen LogP contribution in [0.25, 0.3) is 0 Å². The van der Waals surface area contributed by atoms with Crippen LogP contribution in [0.2, 0.25) is 5.02 Å². The monoisotopic (exact) mass is 460 g/mol. The Labute approximate surface area is 176 Å². The summed E-state index contributed by atoms with van der Waals surface area (Å²) in [6, 6.07) is 4.35. The van der Waals surface area contributed by atoms with Crippen LogP contribution in [0, 0.1) is 10.1 Å². The number of fused-ring (bicyclic) bond motifs is 1. The molecule has 2 aromatic rings. The van der Waals surface area contributed by atoms with Crippen LogP contribution >= 0.6 is 11.6 Å². The maximum absolute atomic E-state index is 13.2. The molecule has 1 heterocycles. The van der Waals surface area contributed by atoms with Crippen molar-refractivity contribution >= 4 is 34.9 Å². The molecule has 0 fully saturated rings. The third kappa shape index (κ3) is 5.15. The third-order valence-electron chi connectivity index (χ3n) is 3.96. The van der Waals surface area contributed by atoms with Gasteiger partial charge in [-0.3, -0.25) is 14.9 Å². The minimum Gasteiger partial charge on any atom is -0.486 e. The van der Waals surface area contributed by atoms with E-state index in [9.17, 15) is 32.9 Å². The zero-order chi connectivity index (χ0) is 22.8. The van der Waals surface area contributed by atoms with E-state index in [4.69, 9.17) is 25.8 Å². The molecule has 2 aromatic carbocycles. The van der Waals surface area contributed by atoms with Crippen molar-refractivity contribution in [3.8, 4) is 11.5 Å². The fourth-order valence-corrected chi connectivity index (χ4v) is 2.88. The van der Waals surface area contributed by atoms with E-state index < -0.39 is 46.5 Å². The zero-order valence-electron chi connectivity index (χ0n) is 15.3. The van der Waals surface area contributed by atoms with Crippen LogP contribution in [-0.4, -0.2) is 36.6 Å². The van der Waals surface area contributed by atoms with Crippen molar-refractivity contribution in [2.45, 2.75) is 6.18 Å². The van der Waals surface area contributed by atoms with Gasteiger partial charge in [0.25, 0.3) is 11.6 Å². The van der Waals surface area contributed by atoms with E-state index in [0.717, 1.165) is 12.1 Å². The zero-order valence-corrected chi connectivity index (χ0v) is 16.1. The first kappa shape index (κ1) is 22.2. The molecule has 3 rings (SSSR count). The Kier molecular flexibility index (Phi) is 6.20. The predicted molar refractivity (Wildman–Crippen MR) is 99.5 cm³/mol. The number of carbonyl (C=O) groups excluding carboxylic acids is 2. The summed E-state index contributed by atoms with van der Waals surface area (Å²) in [6.45, 7) is -0.403. The maximum atomic E-state index is 13.2. The van der Waals surface area contributed by atoms with Crippen molar-refractivity contribution in [1.82, 2.24) is 0 Å². The van der Waals surface area contributed by atoms with Gasteiger partial charge >= 0.3 is 12.1 Å². The number of benzene rings is 2. The molecule has 0 saturated carbocycles. The van der Waals surface area contributed by atoms with Gasteiger partial charge in [0.05, 0.1) is 26.8 Å². The largest absolute Gasteiger partial charge is 0.486 e. The standard InChI is InChI=1S/C18H12ClF3N2O7/c19-12-5-9(6-14-16(12)30-4-3-29-14)17(26)31-8-15(25)23-13-2-1-10(24(27)28)7-11(13)18(20,21)22/h1-2,5-7H,3-4,8H2,(H,23,25). The van der Waals surface area contributed by atoms with Crippen LogP contribution in [0.4, 0.5) is 24.5 Å². The van der Waals surface area contributed by atoms with Crippen LogP contribution in [0.3, 0.4) is 0 Å². The summed E-state index contributed by atoms with van der Waals surface area (Å²) in [5.74, 6) is -1.61. The van der Waals surface area contributed by atoms with Gasteiger partial charge in [-0.1, -0.05) is 11.6 Å². The number of ether oxygens (including phenoxy) is 3. The van der Waals surface area contributed by atoms with Crippen molar-refractivity contribution in [2.75, 3.05) is 25.1 Å². The van der Waals surface area contributed by atoms with E-state index in [1.54, 1.807) is 0 Å². The highest BCUT2D eigenvalue weighted by Gasteiger charge is 2.35. The SMILES string of the molecule is O=C(COC(=O)c1cc(Cl)c2c(c1)OCCO2)Nc1ccc([N+](=O)[O-])cc1C(F)(F)F. The summed E-state index contributed by atoms with van der Waals surface area (Å²) in [7, 11) is 0. The van der Waals surface area contributed by atoms with Gasteiger partial charge in [0.1, 0.15) is 13.2 Å². The predicted octanol–water partition coefficient (Wildman–Crippen LogP) is 3.83. The minimum absolute atomic E-state index is 0.0617. The second-order valence-electron chi connectivity index (χ2n) is 6.09. The number of alkyl halides is 3. The van der Waals surface area contributed by atoms with Crippen LogP contribution in [0.1, 0.15) is 15.9 Å². The van der Waals surface area contributed by atoms with Crippen molar-refractivity contribution in [3.63, 3.8) is 0 Å². The second-order valence-corrected chi connectivity index (χ2v) is 6.50. The van der Waals surface area contributed by atoms with Gasteiger partial charge in [0.15, 0.2) is 18.1 Å². The first-order chi connectivity index (χ1) is 14.6. The lowest BCUT2D eigenvalue weighted by Crippen LogP contribution is -2.23. The molecular formula is C18H12ClF3N2O7. The second kappa shape index (κ2) is 8.68.